The number of benzene rings is 1. The van der Waals surface area contributed by atoms with Gasteiger partial charge in [-0.05, 0) is 74.8 Å². The number of fused-ring (bicyclic) bond motifs is 1. The van der Waals surface area contributed by atoms with Crippen molar-refractivity contribution in [3.8, 4) is 5.75 Å². The van der Waals surface area contributed by atoms with Crippen molar-refractivity contribution in [1.29, 1.82) is 0 Å². The van der Waals surface area contributed by atoms with Crippen LogP contribution >= 0.6 is 34.7 Å². The van der Waals surface area contributed by atoms with Crippen molar-refractivity contribution >= 4 is 51.6 Å². The lowest BCUT2D eigenvalue weighted by atomic mass is 9.88. The van der Waals surface area contributed by atoms with Crippen LogP contribution in [0.2, 0.25) is 5.02 Å². The van der Waals surface area contributed by atoms with Gasteiger partial charge in [-0.1, -0.05) is 36.4 Å². The van der Waals surface area contributed by atoms with Gasteiger partial charge in [0.15, 0.2) is 5.16 Å². The van der Waals surface area contributed by atoms with Gasteiger partial charge >= 0.3 is 5.97 Å². The number of carbonyl (C=O) groups excluding carboxylic acids is 2. The molecule has 1 aromatic carbocycles. The van der Waals surface area contributed by atoms with Crippen LogP contribution in [0.1, 0.15) is 58.9 Å². The second-order valence-electron chi connectivity index (χ2n) is 9.77. The minimum Gasteiger partial charge on any atom is -0.493 e. The highest BCUT2D eigenvalue weighted by Crippen LogP contribution is 2.40. The fraction of sp³-hybridized carbons (Fsp3) is 0.448. The van der Waals surface area contributed by atoms with Crippen LogP contribution in [0.3, 0.4) is 0 Å². The van der Waals surface area contributed by atoms with E-state index in [9.17, 15) is 9.59 Å². The van der Waals surface area contributed by atoms with Crippen molar-refractivity contribution in [2.45, 2.75) is 64.6 Å². The molecule has 0 bridgehead atoms. The number of nitrogens with one attached hydrogen (secondary N) is 1. The molecule has 0 radical (unpaired) electrons. The fourth-order valence-corrected chi connectivity index (χ4v) is 7.07. The summed E-state index contributed by atoms with van der Waals surface area (Å²) >= 11 is 8.82. The highest BCUT2D eigenvalue weighted by Gasteiger charge is 2.29. The molecule has 1 aliphatic rings. The Labute approximate surface area is 248 Å². The third-order valence-corrected chi connectivity index (χ3v) is 8.99. The Balaban J connectivity index is 1.36. The molecule has 4 rings (SSSR count). The molecule has 214 valence electrons. The van der Waals surface area contributed by atoms with Crippen molar-refractivity contribution in [3.05, 3.63) is 63.3 Å². The number of halogens is 1. The normalized spacial score (nSPS) is 14.4. The number of rotatable bonds is 13. The first-order valence-corrected chi connectivity index (χ1v) is 15.6. The van der Waals surface area contributed by atoms with Gasteiger partial charge < -0.3 is 19.4 Å². The van der Waals surface area contributed by atoms with E-state index in [4.69, 9.17) is 21.1 Å². The Morgan fingerprint density at radius 3 is 2.92 bits per heavy atom. The Kier molecular flexibility index (Phi) is 10.7. The quantitative estimate of drug-likeness (QED) is 0.103. The van der Waals surface area contributed by atoms with Gasteiger partial charge in [0.25, 0.3) is 0 Å². The lowest BCUT2D eigenvalue weighted by Gasteiger charge is -2.18. The predicted molar refractivity (Wildman–Crippen MR) is 161 cm³/mol. The van der Waals surface area contributed by atoms with Gasteiger partial charge in [-0.3, -0.25) is 4.79 Å². The molecular formula is C29H35ClN4O4S2. The number of allylic oxidation sites excluding steroid dienone is 1. The smallest absolute Gasteiger partial charge is 0.341 e. The van der Waals surface area contributed by atoms with Crippen molar-refractivity contribution in [1.82, 2.24) is 14.8 Å². The van der Waals surface area contributed by atoms with E-state index in [-0.39, 0.29) is 24.2 Å². The number of aryl methyl sites for hydroxylation is 2. The van der Waals surface area contributed by atoms with Gasteiger partial charge in [-0.2, -0.15) is 0 Å². The molecule has 0 fully saturated rings. The number of carbonyl (C=O) groups is 2. The third-order valence-electron chi connectivity index (χ3n) is 6.62. The number of ether oxygens (including phenoxy) is 2. The highest BCUT2D eigenvalue weighted by molar-refractivity contribution is 7.99. The summed E-state index contributed by atoms with van der Waals surface area (Å²) in [6, 6.07) is 5.57. The monoisotopic (exact) mass is 602 g/mol. The van der Waals surface area contributed by atoms with Gasteiger partial charge in [0.2, 0.25) is 5.91 Å². The second kappa shape index (κ2) is 14.2. The SMILES string of the molecule is C=CCn1c(CCCOc2ccc(Cl)cc2C)nnc1SCC(=O)Nc1sc2c(c1C(=O)OCC)CCC(C)C2. The van der Waals surface area contributed by atoms with E-state index >= 15 is 0 Å². The Bertz CT molecular complexity index is 1370. The first-order chi connectivity index (χ1) is 19.3. The predicted octanol–water partition coefficient (Wildman–Crippen LogP) is 6.53. The standard InChI is InChI=1S/C29H35ClN4O4S2/c1-5-13-34-24(8-7-14-38-22-12-10-20(30)16-19(22)4)32-33-29(34)39-17-25(35)31-27-26(28(36)37-6-2)21-11-9-18(3)15-23(21)40-27/h5,10,12,16,18H,1,6-9,11,13-15,17H2,2-4H3,(H,31,35). The third kappa shape index (κ3) is 7.47. The van der Waals surface area contributed by atoms with E-state index in [1.54, 1.807) is 13.0 Å². The van der Waals surface area contributed by atoms with Crippen LogP contribution in [-0.4, -0.2) is 45.6 Å². The summed E-state index contributed by atoms with van der Waals surface area (Å²) in [6.07, 6.45) is 5.96. The van der Waals surface area contributed by atoms with Crippen LogP contribution in [0.4, 0.5) is 5.00 Å². The molecule has 1 unspecified atom stereocenters. The molecule has 8 nitrogen and oxygen atoms in total. The van der Waals surface area contributed by atoms with Gasteiger partial charge in [0, 0.05) is 22.9 Å². The molecule has 1 N–H and O–H groups in total. The zero-order valence-corrected chi connectivity index (χ0v) is 25.5. The second-order valence-corrected chi connectivity index (χ2v) is 12.3. The van der Waals surface area contributed by atoms with Gasteiger partial charge in [0.1, 0.15) is 16.6 Å². The maximum atomic E-state index is 13.0. The Morgan fingerprint density at radius 2 is 2.17 bits per heavy atom. The molecule has 2 aromatic heterocycles. The summed E-state index contributed by atoms with van der Waals surface area (Å²) in [4.78, 5) is 26.9. The number of thiophene rings is 1. The van der Waals surface area contributed by atoms with Crippen molar-refractivity contribution in [2.24, 2.45) is 5.92 Å². The van der Waals surface area contributed by atoms with E-state index in [1.807, 2.05) is 29.7 Å². The fourth-order valence-electron chi connectivity index (χ4n) is 4.66. The lowest BCUT2D eigenvalue weighted by molar-refractivity contribution is -0.113. The van der Waals surface area contributed by atoms with E-state index in [0.717, 1.165) is 53.3 Å². The van der Waals surface area contributed by atoms with Gasteiger partial charge in [-0.15, -0.1) is 28.1 Å². The lowest BCUT2D eigenvalue weighted by Crippen LogP contribution is -2.18. The number of hydrogen-bond donors (Lipinski definition) is 1. The molecule has 0 saturated carbocycles. The molecule has 2 heterocycles. The molecule has 0 saturated heterocycles. The summed E-state index contributed by atoms with van der Waals surface area (Å²) in [5.74, 6) is 1.73. The average Bonchev–Trinajstić information content (AvgIpc) is 3.46. The van der Waals surface area contributed by atoms with E-state index in [2.05, 4.69) is 29.0 Å². The maximum Gasteiger partial charge on any atom is 0.341 e. The topological polar surface area (TPSA) is 95.3 Å². The summed E-state index contributed by atoms with van der Waals surface area (Å²) in [7, 11) is 0. The van der Waals surface area contributed by atoms with Crippen LogP contribution < -0.4 is 10.1 Å². The van der Waals surface area contributed by atoms with Crippen molar-refractivity contribution in [2.75, 3.05) is 24.3 Å². The number of hydrogen-bond acceptors (Lipinski definition) is 8. The number of aromatic nitrogens is 3. The van der Waals surface area contributed by atoms with E-state index in [0.29, 0.717) is 46.2 Å². The molecular weight excluding hydrogens is 568 g/mol. The first-order valence-electron chi connectivity index (χ1n) is 13.5. The van der Waals surface area contributed by atoms with Crippen LogP contribution in [0, 0.1) is 12.8 Å². The van der Waals surface area contributed by atoms with Crippen LogP contribution in [0.5, 0.6) is 5.75 Å². The molecule has 40 heavy (non-hydrogen) atoms. The number of esters is 1. The zero-order chi connectivity index (χ0) is 28.6. The molecule has 11 heteroatoms. The summed E-state index contributed by atoms with van der Waals surface area (Å²) in [5.41, 5.74) is 2.53. The summed E-state index contributed by atoms with van der Waals surface area (Å²) in [6.45, 7) is 11.2. The highest BCUT2D eigenvalue weighted by atomic mass is 35.5. The number of amides is 1. The number of anilines is 1. The first kappa shape index (κ1) is 30.1. The van der Waals surface area contributed by atoms with Crippen LogP contribution in [-0.2, 0) is 35.3 Å². The van der Waals surface area contributed by atoms with Crippen molar-refractivity contribution in [3.63, 3.8) is 0 Å². The van der Waals surface area contributed by atoms with Crippen LogP contribution in [0.15, 0.2) is 36.0 Å². The molecule has 1 aliphatic carbocycles. The average molecular weight is 603 g/mol. The summed E-state index contributed by atoms with van der Waals surface area (Å²) < 4.78 is 13.2. The molecule has 0 aliphatic heterocycles. The molecule has 3 aromatic rings. The number of nitrogens with zero attached hydrogens (tertiary/aromatic N) is 3. The largest absolute Gasteiger partial charge is 0.493 e. The Hall–Kier alpha value is -2.82. The van der Waals surface area contributed by atoms with Gasteiger partial charge in [0.05, 0.1) is 24.5 Å². The molecule has 1 amide bonds. The minimum absolute atomic E-state index is 0.134. The zero-order valence-electron chi connectivity index (χ0n) is 23.1. The molecule has 0 spiro atoms. The van der Waals surface area contributed by atoms with Gasteiger partial charge in [-0.25, -0.2) is 4.79 Å². The van der Waals surface area contributed by atoms with E-state index in [1.165, 1.54) is 23.1 Å². The summed E-state index contributed by atoms with van der Waals surface area (Å²) in [5, 5.41) is 13.6. The van der Waals surface area contributed by atoms with Crippen molar-refractivity contribution < 1.29 is 19.1 Å². The molecule has 1 atom stereocenters. The van der Waals surface area contributed by atoms with E-state index < -0.39 is 0 Å². The minimum atomic E-state index is -0.372. The van der Waals surface area contributed by atoms with Crippen LogP contribution in [0.25, 0.3) is 0 Å². The maximum absolute atomic E-state index is 13.0. The number of thioether (sulfide) groups is 1. The Morgan fingerprint density at radius 1 is 1.35 bits per heavy atom.